The molecule has 4 heterocycles. The summed E-state index contributed by atoms with van der Waals surface area (Å²) in [6.07, 6.45) is -0.790. The molecule has 4 atom stereocenters. The Bertz CT molecular complexity index is 2320. The van der Waals surface area contributed by atoms with Crippen molar-refractivity contribution in [1.82, 2.24) is 30.7 Å². The number of hydrogen-bond donors (Lipinski definition) is 5. The summed E-state index contributed by atoms with van der Waals surface area (Å²) in [4.78, 5) is 53.2. The first-order valence-electron chi connectivity index (χ1n) is 19.8. The zero-order valence-corrected chi connectivity index (χ0v) is 34.7. The fraction of sp³-hybridized carbons (Fsp3) is 0.364. The molecule has 0 saturated carbocycles. The van der Waals surface area contributed by atoms with Gasteiger partial charge in [0, 0.05) is 56.0 Å². The SMILES string of the molecule is Cc1ncsc1-c1ccc(C(C)NC(=O)C2CC(O)CN2C(=O)C(NC(=O)c2cccc(N3CCN(c4cc(-c5ccccc5O)nnc4N)CC3)c2)C(C)(C)C)cc1. The van der Waals surface area contributed by atoms with Gasteiger partial charge >= 0.3 is 0 Å². The highest BCUT2D eigenvalue weighted by Gasteiger charge is 2.45. The zero-order valence-electron chi connectivity index (χ0n) is 33.9. The van der Waals surface area contributed by atoms with Crippen LogP contribution in [0.15, 0.2) is 84.4 Å². The molecule has 0 spiro atoms. The number of carbonyl (C=O) groups excluding carboxylic acids is 3. The number of nitrogen functional groups attached to an aromatic ring is 1. The van der Waals surface area contributed by atoms with Crippen LogP contribution in [-0.2, 0) is 9.59 Å². The minimum Gasteiger partial charge on any atom is -0.507 e. The first-order chi connectivity index (χ1) is 28.2. The van der Waals surface area contributed by atoms with Crippen LogP contribution >= 0.6 is 11.3 Å². The summed E-state index contributed by atoms with van der Waals surface area (Å²) in [7, 11) is 0. The van der Waals surface area contributed by atoms with E-state index in [1.165, 1.54) is 4.90 Å². The number of benzene rings is 3. The van der Waals surface area contributed by atoms with Crippen LogP contribution in [0.1, 0.15) is 61.8 Å². The van der Waals surface area contributed by atoms with Gasteiger partial charge in [0.2, 0.25) is 11.8 Å². The van der Waals surface area contributed by atoms with Crippen LogP contribution in [0.3, 0.4) is 0 Å². The maximum absolute atomic E-state index is 14.3. The monoisotopic (exact) mass is 817 g/mol. The molecule has 15 heteroatoms. The van der Waals surface area contributed by atoms with E-state index in [0.717, 1.165) is 33.1 Å². The number of anilines is 3. The second-order valence-electron chi connectivity index (χ2n) is 16.3. The fourth-order valence-corrected chi connectivity index (χ4v) is 8.56. The average Bonchev–Trinajstić information content (AvgIpc) is 3.85. The molecule has 4 unspecified atom stereocenters. The normalized spacial score (nSPS) is 18.0. The molecule has 0 bridgehead atoms. The largest absolute Gasteiger partial charge is 0.507 e. The molecule has 0 aliphatic carbocycles. The van der Waals surface area contributed by atoms with Gasteiger partial charge in [0.05, 0.1) is 39.6 Å². The average molecular weight is 818 g/mol. The Morgan fingerprint density at radius 3 is 2.31 bits per heavy atom. The standard InChI is InChI=1S/C44H51N9O5S/c1-26(28-13-15-29(16-14-28)38-27(2)46-25-59-38)47-42(57)36-22-32(54)24-53(36)43(58)39(44(3,4)5)48-41(56)30-9-8-10-31(21-30)51-17-19-52(20-18-51)35-23-34(49-50-40(35)45)33-11-6-7-12-37(33)55/h6-16,21,23,25-26,32,36,39,54-55H,17-20,22,24H2,1-5H3,(H2,45,50)(H,47,57)(H,48,56). The summed E-state index contributed by atoms with van der Waals surface area (Å²) >= 11 is 1.58. The van der Waals surface area contributed by atoms with Gasteiger partial charge in [-0.3, -0.25) is 14.4 Å². The topological polar surface area (TPSA) is 190 Å². The van der Waals surface area contributed by atoms with Gasteiger partial charge in [-0.15, -0.1) is 21.5 Å². The Morgan fingerprint density at radius 2 is 1.63 bits per heavy atom. The second kappa shape index (κ2) is 17.0. The van der Waals surface area contributed by atoms with E-state index in [1.807, 2.05) is 94.7 Å². The van der Waals surface area contributed by atoms with E-state index in [0.29, 0.717) is 48.8 Å². The van der Waals surface area contributed by atoms with E-state index in [9.17, 15) is 24.6 Å². The lowest BCUT2D eigenvalue weighted by atomic mass is 9.85. The molecule has 7 rings (SSSR count). The van der Waals surface area contributed by atoms with Crippen LogP contribution in [0, 0.1) is 12.3 Å². The number of piperazine rings is 1. The quantitative estimate of drug-likeness (QED) is 0.125. The Balaban J connectivity index is 0.996. The molecule has 59 heavy (non-hydrogen) atoms. The number of nitrogens with two attached hydrogens (primary N) is 1. The van der Waals surface area contributed by atoms with Crippen molar-refractivity contribution in [2.45, 2.75) is 65.3 Å². The van der Waals surface area contributed by atoms with Crippen molar-refractivity contribution in [3.05, 3.63) is 101 Å². The highest BCUT2D eigenvalue weighted by molar-refractivity contribution is 7.13. The van der Waals surface area contributed by atoms with Gasteiger partial charge in [-0.1, -0.05) is 63.2 Å². The van der Waals surface area contributed by atoms with Crippen LogP contribution in [0.2, 0.25) is 0 Å². The van der Waals surface area contributed by atoms with Gasteiger partial charge in [0.15, 0.2) is 5.82 Å². The van der Waals surface area contributed by atoms with Crippen LogP contribution < -0.4 is 26.2 Å². The number of amides is 3. The van der Waals surface area contributed by atoms with Gasteiger partial charge in [-0.25, -0.2) is 4.98 Å². The van der Waals surface area contributed by atoms with Crippen molar-refractivity contribution in [3.63, 3.8) is 0 Å². The Labute approximate surface area is 348 Å². The van der Waals surface area contributed by atoms with E-state index in [-0.39, 0.29) is 30.7 Å². The van der Waals surface area contributed by atoms with Crippen molar-refractivity contribution in [2.24, 2.45) is 5.41 Å². The molecular weight excluding hydrogens is 767 g/mol. The smallest absolute Gasteiger partial charge is 0.252 e. The van der Waals surface area contributed by atoms with Gasteiger partial charge in [-0.05, 0) is 66.8 Å². The number of β-amino-alcohol motifs (C(OH)–C–C–N with tert-alkyl or cyclic N) is 1. The Morgan fingerprint density at radius 1 is 0.915 bits per heavy atom. The predicted molar refractivity (Wildman–Crippen MR) is 230 cm³/mol. The molecule has 2 aromatic heterocycles. The molecule has 2 fully saturated rings. The van der Waals surface area contributed by atoms with Gasteiger partial charge in [0.25, 0.3) is 5.91 Å². The third-order valence-corrected chi connectivity index (χ3v) is 12.1. The number of nitrogens with one attached hydrogen (secondary N) is 2. The number of aromatic hydroxyl groups is 1. The number of para-hydroxylation sites is 1. The number of aliphatic hydroxyl groups is 1. The number of carbonyl (C=O) groups is 3. The summed E-state index contributed by atoms with van der Waals surface area (Å²) in [5.41, 5.74) is 13.4. The molecular formula is C44H51N9O5S. The predicted octanol–water partition coefficient (Wildman–Crippen LogP) is 5.17. The molecule has 2 saturated heterocycles. The molecule has 14 nitrogen and oxygen atoms in total. The number of likely N-dealkylation sites (tertiary alicyclic amines) is 1. The van der Waals surface area contributed by atoms with Gasteiger partial charge in [-0.2, -0.15) is 0 Å². The molecule has 6 N–H and O–H groups in total. The van der Waals surface area contributed by atoms with E-state index in [1.54, 1.807) is 35.6 Å². The number of phenols is 1. The molecule has 308 valence electrons. The van der Waals surface area contributed by atoms with Gasteiger partial charge < -0.3 is 41.3 Å². The van der Waals surface area contributed by atoms with E-state index in [2.05, 4.69) is 35.6 Å². The number of phenolic OH excluding ortho intramolecular Hbond substituents is 1. The van der Waals surface area contributed by atoms with Crippen molar-refractivity contribution >= 4 is 46.3 Å². The van der Waals surface area contributed by atoms with Crippen LogP contribution in [0.25, 0.3) is 21.7 Å². The lowest BCUT2D eigenvalue weighted by Gasteiger charge is -2.38. The fourth-order valence-electron chi connectivity index (χ4n) is 7.75. The first kappa shape index (κ1) is 41.1. The number of nitrogens with zero attached hydrogens (tertiary/aromatic N) is 6. The summed E-state index contributed by atoms with van der Waals surface area (Å²) in [5, 5.41) is 35.5. The first-order valence-corrected chi connectivity index (χ1v) is 20.7. The number of aryl methyl sites for hydroxylation is 1. The summed E-state index contributed by atoms with van der Waals surface area (Å²) in [5.74, 6) is -0.805. The van der Waals surface area contributed by atoms with Crippen LogP contribution in [0.5, 0.6) is 5.75 Å². The van der Waals surface area contributed by atoms with Crippen molar-refractivity contribution < 1.29 is 24.6 Å². The molecule has 5 aromatic rings. The van der Waals surface area contributed by atoms with Crippen molar-refractivity contribution in [3.8, 4) is 27.4 Å². The summed E-state index contributed by atoms with van der Waals surface area (Å²) in [6.45, 7) is 12.0. The Hall–Kier alpha value is -6.06. The Kier molecular flexibility index (Phi) is 11.9. The van der Waals surface area contributed by atoms with Gasteiger partial charge in [0.1, 0.15) is 17.8 Å². The minimum atomic E-state index is -0.981. The summed E-state index contributed by atoms with van der Waals surface area (Å²) < 4.78 is 0. The van der Waals surface area contributed by atoms with Crippen LogP contribution in [0.4, 0.5) is 17.2 Å². The maximum Gasteiger partial charge on any atom is 0.252 e. The van der Waals surface area contributed by atoms with E-state index < -0.39 is 35.4 Å². The maximum atomic E-state index is 14.3. The number of rotatable bonds is 10. The van der Waals surface area contributed by atoms with Crippen molar-refractivity contribution in [2.75, 3.05) is 48.3 Å². The number of thiazole rings is 1. The third kappa shape index (κ3) is 9.00. The lowest BCUT2D eigenvalue weighted by Crippen LogP contribution is -2.57. The molecule has 3 amide bonds. The lowest BCUT2D eigenvalue weighted by molar-refractivity contribution is -0.142. The molecule has 3 aromatic carbocycles. The molecule has 2 aliphatic heterocycles. The highest BCUT2D eigenvalue weighted by atomic mass is 32.1. The van der Waals surface area contributed by atoms with E-state index in [4.69, 9.17) is 5.73 Å². The number of aliphatic hydroxyl groups excluding tert-OH is 1. The molecule has 0 radical (unpaired) electrons. The third-order valence-electron chi connectivity index (χ3n) is 11.1. The zero-order chi connectivity index (χ0) is 42.0. The van der Waals surface area contributed by atoms with Crippen LogP contribution in [-0.4, -0.2) is 98.9 Å². The molecule has 2 aliphatic rings. The highest BCUT2D eigenvalue weighted by Crippen LogP contribution is 2.33. The van der Waals surface area contributed by atoms with E-state index >= 15 is 0 Å². The second-order valence-corrected chi connectivity index (χ2v) is 17.2. The number of hydrogen-bond acceptors (Lipinski definition) is 12. The number of aromatic nitrogens is 3. The van der Waals surface area contributed by atoms with Crippen molar-refractivity contribution in [1.29, 1.82) is 0 Å². The summed E-state index contributed by atoms with van der Waals surface area (Å²) in [6, 6.07) is 21.8. The minimum absolute atomic E-state index is 0.0185.